The summed E-state index contributed by atoms with van der Waals surface area (Å²) < 4.78 is 0. The molecule has 100 valence electrons. The predicted molar refractivity (Wildman–Crippen MR) is 79.7 cm³/mol. The van der Waals surface area contributed by atoms with Gasteiger partial charge in [-0.25, -0.2) is 9.97 Å². The smallest absolute Gasteiger partial charge is 0.135 e. The van der Waals surface area contributed by atoms with E-state index in [1.165, 1.54) is 19.3 Å². The van der Waals surface area contributed by atoms with Gasteiger partial charge >= 0.3 is 0 Å². The van der Waals surface area contributed by atoms with Gasteiger partial charge in [0.25, 0.3) is 0 Å². The van der Waals surface area contributed by atoms with Gasteiger partial charge in [-0.3, -0.25) is 0 Å². The summed E-state index contributed by atoms with van der Waals surface area (Å²) >= 11 is 7.99. The summed E-state index contributed by atoms with van der Waals surface area (Å²) in [6.07, 6.45) is 5.97. The van der Waals surface area contributed by atoms with Crippen LogP contribution in [0.15, 0.2) is 6.07 Å². The maximum Gasteiger partial charge on any atom is 0.135 e. The third-order valence-corrected chi connectivity index (χ3v) is 4.68. The highest BCUT2D eigenvalue weighted by molar-refractivity contribution is 7.99. The molecule has 0 aromatic carbocycles. The van der Waals surface area contributed by atoms with Gasteiger partial charge in [0.1, 0.15) is 16.8 Å². The lowest BCUT2D eigenvalue weighted by Gasteiger charge is -2.20. The molecule has 0 radical (unpaired) electrons. The second kappa shape index (κ2) is 6.11. The molecule has 2 rings (SSSR count). The van der Waals surface area contributed by atoms with Crippen LogP contribution in [0.2, 0.25) is 5.15 Å². The van der Waals surface area contributed by atoms with E-state index in [2.05, 4.69) is 35.4 Å². The molecule has 1 aromatic rings. The Labute approximate surface area is 118 Å². The van der Waals surface area contributed by atoms with E-state index < -0.39 is 0 Å². The van der Waals surface area contributed by atoms with Crippen molar-refractivity contribution in [2.24, 2.45) is 0 Å². The van der Waals surface area contributed by atoms with Crippen molar-refractivity contribution in [1.29, 1.82) is 0 Å². The second-order valence-corrected chi connectivity index (χ2v) is 6.51. The van der Waals surface area contributed by atoms with Crippen LogP contribution in [0.1, 0.15) is 44.9 Å². The van der Waals surface area contributed by atoms with Crippen LogP contribution in [0.4, 0.5) is 5.82 Å². The summed E-state index contributed by atoms with van der Waals surface area (Å²) in [6.45, 7) is 4.16. The molecule has 1 N–H and O–H groups in total. The first kappa shape index (κ1) is 13.9. The van der Waals surface area contributed by atoms with E-state index in [-0.39, 0.29) is 0 Å². The zero-order valence-corrected chi connectivity index (χ0v) is 12.7. The van der Waals surface area contributed by atoms with Crippen LogP contribution in [0, 0.1) is 0 Å². The number of aromatic nitrogens is 2. The van der Waals surface area contributed by atoms with Crippen LogP contribution in [0.5, 0.6) is 0 Å². The molecule has 18 heavy (non-hydrogen) atoms. The zero-order chi connectivity index (χ0) is 13.1. The van der Waals surface area contributed by atoms with Crippen LogP contribution < -0.4 is 5.32 Å². The maximum atomic E-state index is 6.05. The molecule has 1 aliphatic rings. The minimum atomic E-state index is 0.296. The van der Waals surface area contributed by atoms with Crippen LogP contribution in [0.25, 0.3) is 0 Å². The Kier molecular flexibility index (Phi) is 4.73. The molecule has 3 nitrogen and oxygen atoms in total. The Morgan fingerprint density at radius 1 is 1.39 bits per heavy atom. The summed E-state index contributed by atoms with van der Waals surface area (Å²) in [4.78, 5) is 8.81. The summed E-state index contributed by atoms with van der Waals surface area (Å²) in [7, 11) is 0. The minimum absolute atomic E-state index is 0.296. The molecule has 1 aliphatic carbocycles. The Morgan fingerprint density at radius 3 is 2.83 bits per heavy atom. The third kappa shape index (κ3) is 3.29. The van der Waals surface area contributed by atoms with Gasteiger partial charge in [-0.1, -0.05) is 31.9 Å². The van der Waals surface area contributed by atoms with Crippen molar-refractivity contribution in [2.75, 3.05) is 11.6 Å². The number of hydrogen-bond donors (Lipinski definition) is 1. The van der Waals surface area contributed by atoms with E-state index in [4.69, 9.17) is 11.6 Å². The normalized spacial score (nSPS) is 23.6. The Hall–Kier alpha value is -0.480. The fourth-order valence-electron chi connectivity index (χ4n) is 2.33. The molecule has 0 bridgehead atoms. The van der Waals surface area contributed by atoms with E-state index in [9.17, 15) is 0 Å². The molecule has 0 aliphatic heterocycles. The van der Waals surface area contributed by atoms with Gasteiger partial charge in [0, 0.05) is 23.3 Å². The Balaban J connectivity index is 2.13. The van der Waals surface area contributed by atoms with Gasteiger partial charge in [-0.05, 0) is 19.1 Å². The van der Waals surface area contributed by atoms with Crippen LogP contribution in [-0.4, -0.2) is 27.5 Å². The molecule has 2 unspecified atom stereocenters. The number of thioether (sulfide) groups is 1. The second-order valence-electron chi connectivity index (χ2n) is 5.04. The fraction of sp³-hybridized carbons (Fsp3) is 0.692. The number of nitrogens with zero attached hydrogens (tertiary/aromatic N) is 2. The standard InChI is InChI=1S/C13H20ClN3S/c1-8(2)13-16-11(14)7-12(17-13)15-9-5-4-6-10(9)18-3/h7-10H,4-6H2,1-3H3,(H,15,16,17). The first-order valence-corrected chi connectivity index (χ1v) is 8.10. The molecule has 1 fully saturated rings. The van der Waals surface area contributed by atoms with Crippen LogP contribution >= 0.6 is 23.4 Å². The summed E-state index contributed by atoms with van der Waals surface area (Å²) in [5.74, 6) is 1.97. The predicted octanol–water partition coefficient (Wildman–Crippen LogP) is 3.95. The Morgan fingerprint density at radius 2 is 2.17 bits per heavy atom. The highest BCUT2D eigenvalue weighted by Crippen LogP contribution is 2.31. The molecule has 0 spiro atoms. The molecular weight excluding hydrogens is 266 g/mol. The van der Waals surface area contributed by atoms with Gasteiger partial charge in [0.05, 0.1) is 0 Å². The van der Waals surface area contributed by atoms with Crippen molar-refractivity contribution < 1.29 is 0 Å². The first-order chi connectivity index (χ1) is 8.60. The summed E-state index contributed by atoms with van der Waals surface area (Å²) in [5.41, 5.74) is 0. The van der Waals surface area contributed by atoms with E-state index in [1.807, 2.05) is 17.8 Å². The largest absolute Gasteiger partial charge is 0.366 e. The van der Waals surface area contributed by atoms with E-state index in [0.29, 0.717) is 22.4 Å². The number of anilines is 1. The van der Waals surface area contributed by atoms with Crippen molar-refractivity contribution in [3.05, 3.63) is 17.0 Å². The molecule has 0 saturated heterocycles. The van der Waals surface area contributed by atoms with Gasteiger partial charge < -0.3 is 5.32 Å². The molecular formula is C13H20ClN3S. The van der Waals surface area contributed by atoms with Crippen molar-refractivity contribution in [3.8, 4) is 0 Å². The number of nitrogens with one attached hydrogen (secondary N) is 1. The van der Waals surface area contributed by atoms with E-state index in [1.54, 1.807) is 0 Å². The highest BCUT2D eigenvalue weighted by atomic mass is 35.5. The van der Waals surface area contributed by atoms with Gasteiger partial charge in [-0.2, -0.15) is 11.8 Å². The average Bonchev–Trinajstić information content (AvgIpc) is 2.75. The van der Waals surface area contributed by atoms with Gasteiger partial charge in [0.15, 0.2) is 0 Å². The van der Waals surface area contributed by atoms with Gasteiger partial charge in [0.2, 0.25) is 0 Å². The lowest BCUT2D eigenvalue weighted by Crippen LogP contribution is -2.26. The van der Waals surface area contributed by atoms with Crippen molar-refractivity contribution in [1.82, 2.24) is 9.97 Å². The number of rotatable bonds is 4. The Bertz CT molecular complexity index is 411. The number of hydrogen-bond acceptors (Lipinski definition) is 4. The molecule has 5 heteroatoms. The van der Waals surface area contributed by atoms with Crippen LogP contribution in [-0.2, 0) is 0 Å². The summed E-state index contributed by atoms with van der Waals surface area (Å²) in [5, 5.41) is 4.73. The van der Waals surface area contributed by atoms with Crippen molar-refractivity contribution in [2.45, 2.75) is 50.3 Å². The lowest BCUT2D eigenvalue weighted by atomic mass is 10.2. The van der Waals surface area contributed by atoms with Crippen molar-refractivity contribution in [3.63, 3.8) is 0 Å². The number of halogens is 1. The fourth-order valence-corrected chi connectivity index (χ4v) is 3.46. The monoisotopic (exact) mass is 285 g/mol. The van der Waals surface area contributed by atoms with Crippen LogP contribution in [0.3, 0.4) is 0 Å². The SMILES string of the molecule is CSC1CCCC1Nc1cc(Cl)nc(C(C)C)n1. The molecule has 1 aromatic heterocycles. The lowest BCUT2D eigenvalue weighted by molar-refractivity contribution is 0.743. The summed E-state index contributed by atoms with van der Waals surface area (Å²) in [6, 6.07) is 2.33. The highest BCUT2D eigenvalue weighted by Gasteiger charge is 2.26. The topological polar surface area (TPSA) is 37.8 Å². The zero-order valence-electron chi connectivity index (χ0n) is 11.1. The molecule has 1 heterocycles. The minimum Gasteiger partial charge on any atom is -0.366 e. The van der Waals surface area contributed by atoms with E-state index in [0.717, 1.165) is 11.6 Å². The average molecular weight is 286 g/mol. The quantitative estimate of drug-likeness (QED) is 0.850. The maximum absolute atomic E-state index is 6.05. The molecule has 0 amide bonds. The first-order valence-electron chi connectivity index (χ1n) is 6.44. The van der Waals surface area contributed by atoms with Gasteiger partial charge in [-0.15, -0.1) is 0 Å². The van der Waals surface area contributed by atoms with E-state index >= 15 is 0 Å². The third-order valence-electron chi connectivity index (χ3n) is 3.32. The van der Waals surface area contributed by atoms with Crippen molar-refractivity contribution >= 4 is 29.2 Å². The molecule has 1 saturated carbocycles. The molecule has 2 atom stereocenters.